The maximum absolute atomic E-state index is 13.0. The molecule has 0 aliphatic heterocycles. The van der Waals surface area contributed by atoms with Crippen LogP contribution >= 0.6 is 0 Å². The molecule has 0 aliphatic rings. The van der Waals surface area contributed by atoms with Crippen molar-refractivity contribution in [2.24, 2.45) is 17.4 Å². The summed E-state index contributed by atoms with van der Waals surface area (Å²) in [7, 11) is 0. The molecule has 0 saturated heterocycles. The highest BCUT2D eigenvalue weighted by atomic mass is 16.4. The fourth-order valence-corrected chi connectivity index (χ4v) is 3.12. The first-order valence-electron chi connectivity index (χ1n) is 10.8. The first kappa shape index (κ1) is 28.4. The van der Waals surface area contributed by atoms with Gasteiger partial charge in [-0.25, -0.2) is 4.79 Å². The summed E-state index contributed by atoms with van der Waals surface area (Å²) in [5.74, 6) is -4.07. The van der Waals surface area contributed by atoms with Gasteiger partial charge >= 0.3 is 5.97 Å². The minimum atomic E-state index is -1.22. The summed E-state index contributed by atoms with van der Waals surface area (Å²) in [5.41, 5.74) is 11.0. The Hall–Kier alpha value is -3.67. The van der Waals surface area contributed by atoms with Crippen molar-refractivity contribution >= 4 is 29.6 Å². The molecule has 0 fully saturated rings. The molecule has 0 aromatic heterocycles. The fraction of sp³-hybridized carbons (Fsp3) is 0.500. The molecule has 12 heteroatoms. The summed E-state index contributed by atoms with van der Waals surface area (Å²) in [5, 5.41) is 26.3. The van der Waals surface area contributed by atoms with Crippen molar-refractivity contribution in [1.82, 2.24) is 16.0 Å². The van der Waals surface area contributed by atoms with Crippen LogP contribution in [0.4, 0.5) is 0 Å². The van der Waals surface area contributed by atoms with Crippen LogP contribution in [-0.4, -0.2) is 64.5 Å². The number of carbonyl (C=O) groups excluding carboxylic acids is 4. The van der Waals surface area contributed by atoms with Gasteiger partial charge in [0.25, 0.3) is 0 Å². The van der Waals surface area contributed by atoms with E-state index in [9.17, 15) is 34.2 Å². The number of hydrogen-bond donors (Lipinski definition) is 7. The van der Waals surface area contributed by atoms with Gasteiger partial charge in [-0.1, -0.05) is 26.0 Å². The number of benzene rings is 1. The number of primary amides is 1. The summed E-state index contributed by atoms with van der Waals surface area (Å²) in [6.07, 6.45) is -0.174. The van der Waals surface area contributed by atoms with Gasteiger partial charge in [-0.15, -0.1) is 0 Å². The molecule has 188 valence electrons. The fourth-order valence-electron chi connectivity index (χ4n) is 3.12. The van der Waals surface area contributed by atoms with Crippen molar-refractivity contribution in [2.75, 3.05) is 6.54 Å². The highest BCUT2D eigenvalue weighted by Gasteiger charge is 2.30. The predicted molar refractivity (Wildman–Crippen MR) is 122 cm³/mol. The Morgan fingerprint density at radius 3 is 1.97 bits per heavy atom. The zero-order valence-electron chi connectivity index (χ0n) is 19.2. The molecular formula is C22H33N5O7. The van der Waals surface area contributed by atoms with E-state index < -0.39 is 54.3 Å². The Kier molecular flexibility index (Phi) is 11.5. The Balaban J connectivity index is 3.13. The van der Waals surface area contributed by atoms with E-state index in [1.807, 2.05) is 0 Å². The van der Waals surface area contributed by atoms with Crippen molar-refractivity contribution < 1.29 is 34.2 Å². The lowest BCUT2D eigenvalue weighted by Crippen LogP contribution is -2.57. The Bertz CT molecular complexity index is 873. The molecule has 0 bridgehead atoms. The molecule has 0 saturated carbocycles. The second kappa shape index (κ2) is 13.8. The number of phenolic OH excluding ortho intramolecular Hbond substituents is 1. The van der Waals surface area contributed by atoms with Crippen LogP contribution in [0.1, 0.15) is 38.7 Å². The van der Waals surface area contributed by atoms with Gasteiger partial charge < -0.3 is 37.6 Å². The first-order chi connectivity index (χ1) is 15.9. The number of carboxylic acids is 1. The molecule has 3 atom stereocenters. The van der Waals surface area contributed by atoms with Crippen LogP contribution in [0.3, 0.4) is 0 Å². The number of carbonyl (C=O) groups is 5. The second-order valence-corrected chi connectivity index (χ2v) is 8.29. The van der Waals surface area contributed by atoms with Gasteiger partial charge in [0.1, 0.15) is 23.9 Å². The molecule has 0 unspecified atom stereocenters. The normalized spacial score (nSPS) is 13.4. The summed E-state index contributed by atoms with van der Waals surface area (Å²) in [6.45, 7) is 3.22. The summed E-state index contributed by atoms with van der Waals surface area (Å²) >= 11 is 0. The molecule has 1 rings (SSSR count). The molecule has 1 aromatic carbocycles. The van der Waals surface area contributed by atoms with Gasteiger partial charge in [-0.05, 0) is 36.5 Å². The smallest absolute Gasteiger partial charge is 0.326 e. The topological polar surface area (TPSA) is 214 Å². The van der Waals surface area contributed by atoms with E-state index >= 15 is 0 Å². The molecule has 9 N–H and O–H groups in total. The zero-order valence-corrected chi connectivity index (χ0v) is 19.2. The molecular weight excluding hydrogens is 446 g/mol. The summed E-state index contributed by atoms with van der Waals surface area (Å²) < 4.78 is 0. The van der Waals surface area contributed by atoms with Gasteiger partial charge in [-0.2, -0.15) is 0 Å². The molecule has 12 nitrogen and oxygen atoms in total. The van der Waals surface area contributed by atoms with E-state index in [1.165, 1.54) is 12.1 Å². The van der Waals surface area contributed by atoms with Gasteiger partial charge in [-0.3, -0.25) is 19.2 Å². The Morgan fingerprint density at radius 1 is 0.912 bits per heavy atom. The minimum absolute atomic E-state index is 0.00711. The average molecular weight is 480 g/mol. The number of phenols is 1. The lowest BCUT2D eigenvalue weighted by atomic mass is 10.0. The van der Waals surface area contributed by atoms with Crippen molar-refractivity contribution in [3.8, 4) is 5.75 Å². The number of aromatic hydroxyl groups is 1. The third kappa shape index (κ3) is 10.3. The highest BCUT2D eigenvalue weighted by Crippen LogP contribution is 2.13. The van der Waals surface area contributed by atoms with Crippen molar-refractivity contribution in [3.05, 3.63) is 29.8 Å². The lowest BCUT2D eigenvalue weighted by molar-refractivity contribution is -0.142. The SMILES string of the molecule is CC(C)C[C@H](NC(=O)[C@H](Cc1ccc(O)cc1)NC(=O)[C@H](CCC(N)=O)NC(=O)CN)C(=O)O. The second-order valence-electron chi connectivity index (χ2n) is 8.29. The number of aliphatic carboxylic acids is 1. The van der Waals surface area contributed by atoms with Crippen LogP contribution in [0, 0.1) is 5.92 Å². The van der Waals surface area contributed by atoms with Crippen LogP contribution in [-0.2, 0) is 30.4 Å². The molecule has 0 radical (unpaired) electrons. The van der Waals surface area contributed by atoms with E-state index in [0.717, 1.165) is 0 Å². The standard InChI is InChI=1S/C22H33N5O7/c1-12(2)9-17(22(33)34)27-21(32)16(10-13-3-5-14(28)6-4-13)26-20(31)15(7-8-18(24)29)25-19(30)11-23/h3-6,12,15-17,28H,7-11,23H2,1-2H3,(H2,24,29)(H,25,30)(H,26,31)(H,27,32)(H,33,34)/t15-,16-,17-/m0/s1. The van der Waals surface area contributed by atoms with Gasteiger partial charge in [0, 0.05) is 12.8 Å². The number of rotatable bonds is 14. The average Bonchev–Trinajstić information content (AvgIpc) is 2.76. The van der Waals surface area contributed by atoms with Gasteiger partial charge in [0.05, 0.1) is 6.54 Å². The van der Waals surface area contributed by atoms with Crippen molar-refractivity contribution in [2.45, 2.75) is 57.7 Å². The monoisotopic (exact) mass is 479 g/mol. The quantitative estimate of drug-likeness (QED) is 0.171. The number of nitrogens with two attached hydrogens (primary N) is 2. The van der Waals surface area contributed by atoms with Crippen molar-refractivity contribution in [1.29, 1.82) is 0 Å². The molecule has 0 heterocycles. The lowest BCUT2D eigenvalue weighted by Gasteiger charge is -2.25. The van der Waals surface area contributed by atoms with E-state index in [0.29, 0.717) is 5.56 Å². The maximum atomic E-state index is 13.0. The third-order valence-corrected chi connectivity index (χ3v) is 4.85. The summed E-state index contributed by atoms with van der Waals surface area (Å²) in [4.78, 5) is 60.4. The van der Waals surface area contributed by atoms with E-state index in [4.69, 9.17) is 11.5 Å². The van der Waals surface area contributed by atoms with Crippen LogP contribution < -0.4 is 27.4 Å². The number of amides is 4. The number of carboxylic acid groups (broad SMARTS) is 1. The number of nitrogens with one attached hydrogen (secondary N) is 3. The van der Waals surface area contributed by atoms with Crippen molar-refractivity contribution in [3.63, 3.8) is 0 Å². The molecule has 1 aromatic rings. The summed E-state index contributed by atoms with van der Waals surface area (Å²) in [6, 6.07) is 2.33. The molecule has 0 spiro atoms. The largest absolute Gasteiger partial charge is 0.508 e. The third-order valence-electron chi connectivity index (χ3n) is 4.85. The molecule has 0 aliphatic carbocycles. The molecule has 34 heavy (non-hydrogen) atoms. The predicted octanol–water partition coefficient (Wildman–Crippen LogP) is -1.26. The van der Waals surface area contributed by atoms with Crippen LogP contribution in [0.2, 0.25) is 0 Å². The van der Waals surface area contributed by atoms with Crippen LogP contribution in [0.25, 0.3) is 0 Å². The Morgan fingerprint density at radius 2 is 1.47 bits per heavy atom. The van der Waals surface area contributed by atoms with E-state index in [-0.39, 0.29) is 37.4 Å². The Labute approximate surface area is 197 Å². The minimum Gasteiger partial charge on any atom is -0.508 e. The van der Waals surface area contributed by atoms with E-state index in [1.54, 1.807) is 26.0 Å². The van der Waals surface area contributed by atoms with Gasteiger partial charge in [0.2, 0.25) is 23.6 Å². The van der Waals surface area contributed by atoms with Crippen LogP contribution in [0.15, 0.2) is 24.3 Å². The highest BCUT2D eigenvalue weighted by molar-refractivity contribution is 5.94. The van der Waals surface area contributed by atoms with Crippen LogP contribution in [0.5, 0.6) is 5.75 Å². The first-order valence-corrected chi connectivity index (χ1v) is 10.8. The van der Waals surface area contributed by atoms with Gasteiger partial charge in [0.15, 0.2) is 0 Å². The molecule has 4 amide bonds. The van der Waals surface area contributed by atoms with E-state index in [2.05, 4.69) is 16.0 Å². The number of hydrogen-bond acceptors (Lipinski definition) is 7. The maximum Gasteiger partial charge on any atom is 0.326 e. The zero-order chi connectivity index (χ0) is 25.8.